The number of nitrogens with zero attached hydrogens (tertiary/aromatic N) is 1. The van der Waals surface area contributed by atoms with Crippen molar-refractivity contribution in [2.24, 2.45) is 0 Å². The lowest BCUT2D eigenvalue weighted by molar-refractivity contribution is 0.0137. The fourth-order valence-corrected chi connectivity index (χ4v) is 2.82. The fourth-order valence-electron chi connectivity index (χ4n) is 2.35. The van der Waals surface area contributed by atoms with Gasteiger partial charge in [-0.1, -0.05) is 12.1 Å². The predicted molar refractivity (Wildman–Crippen MR) is 82.9 cm³/mol. The molecule has 1 aromatic carbocycles. The molecule has 1 amide bonds. The minimum Gasteiger partial charge on any atom is -0.379 e. The summed E-state index contributed by atoms with van der Waals surface area (Å²) in [6, 6.07) is 7.87. The molecule has 0 radical (unpaired) electrons. The minimum atomic E-state index is -0.0370. The van der Waals surface area contributed by atoms with E-state index in [4.69, 9.17) is 4.74 Å². The van der Waals surface area contributed by atoms with Gasteiger partial charge in [-0.05, 0) is 41.9 Å². The van der Waals surface area contributed by atoms with E-state index in [2.05, 4.69) is 40.0 Å². The lowest BCUT2D eigenvalue weighted by atomic mass is 10.1. The van der Waals surface area contributed by atoms with Gasteiger partial charge in [-0.25, -0.2) is 0 Å². The van der Waals surface area contributed by atoms with Crippen molar-refractivity contribution in [2.75, 3.05) is 26.3 Å². The number of ether oxygens (including phenoxy) is 1. The first-order valence-electron chi connectivity index (χ1n) is 6.97. The van der Waals surface area contributed by atoms with E-state index in [1.807, 2.05) is 24.3 Å². The first-order chi connectivity index (χ1) is 9.59. The molecule has 0 bridgehead atoms. The number of hydrogen-bond acceptors (Lipinski definition) is 3. The van der Waals surface area contributed by atoms with E-state index in [1.54, 1.807) is 0 Å². The Morgan fingerprint density at radius 3 is 2.60 bits per heavy atom. The third-order valence-electron chi connectivity index (χ3n) is 3.82. The zero-order valence-electron chi connectivity index (χ0n) is 11.9. The molecule has 1 heterocycles. The summed E-state index contributed by atoms with van der Waals surface area (Å²) in [5.41, 5.74) is 0.675. The van der Waals surface area contributed by atoms with E-state index in [0.29, 0.717) is 11.6 Å². The standard InChI is InChI=1S/C15H21BrN2O2/c1-11(12(2)18-7-9-20-10-8-18)17-15(19)13-5-3-4-6-14(13)16/h3-6,11-12H,7-10H2,1-2H3,(H,17,19). The van der Waals surface area contributed by atoms with Crippen LogP contribution in [0.3, 0.4) is 0 Å². The van der Waals surface area contributed by atoms with Crippen molar-refractivity contribution in [3.8, 4) is 0 Å². The number of amides is 1. The van der Waals surface area contributed by atoms with E-state index >= 15 is 0 Å². The Bertz CT molecular complexity index is 461. The lowest BCUT2D eigenvalue weighted by Crippen LogP contribution is -2.52. The Labute approximate surface area is 128 Å². The highest BCUT2D eigenvalue weighted by molar-refractivity contribution is 9.10. The number of rotatable bonds is 4. The highest BCUT2D eigenvalue weighted by atomic mass is 79.9. The van der Waals surface area contributed by atoms with Crippen LogP contribution in [0.25, 0.3) is 0 Å². The van der Waals surface area contributed by atoms with Crippen LogP contribution in [0.1, 0.15) is 24.2 Å². The molecule has 1 aliphatic heterocycles. The normalized spacial score (nSPS) is 19.4. The van der Waals surface area contributed by atoms with Gasteiger partial charge >= 0.3 is 0 Å². The summed E-state index contributed by atoms with van der Waals surface area (Å²) in [4.78, 5) is 14.6. The van der Waals surface area contributed by atoms with E-state index < -0.39 is 0 Å². The van der Waals surface area contributed by atoms with Crippen molar-refractivity contribution in [1.82, 2.24) is 10.2 Å². The smallest absolute Gasteiger partial charge is 0.252 e. The van der Waals surface area contributed by atoms with Gasteiger partial charge in [0.1, 0.15) is 0 Å². The van der Waals surface area contributed by atoms with Crippen LogP contribution in [0.15, 0.2) is 28.7 Å². The largest absolute Gasteiger partial charge is 0.379 e. The van der Waals surface area contributed by atoms with Gasteiger partial charge in [-0.2, -0.15) is 0 Å². The molecule has 0 aromatic heterocycles. The second-order valence-electron chi connectivity index (χ2n) is 5.13. The van der Waals surface area contributed by atoms with E-state index in [0.717, 1.165) is 30.8 Å². The Balaban J connectivity index is 1.95. The number of benzene rings is 1. The lowest BCUT2D eigenvalue weighted by Gasteiger charge is -2.35. The average Bonchev–Trinajstić information content (AvgIpc) is 2.47. The van der Waals surface area contributed by atoms with Gasteiger partial charge in [0, 0.05) is 29.6 Å². The van der Waals surface area contributed by atoms with Gasteiger partial charge in [-0.15, -0.1) is 0 Å². The molecule has 0 spiro atoms. The number of carbonyl (C=O) groups excluding carboxylic acids is 1. The molecule has 0 saturated carbocycles. The maximum atomic E-state index is 12.3. The molecule has 0 aliphatic carbocycles. The zero-order chi connectivity index (χ0) is 14.5. The number of morpholine rings is 1. The molecule has 1 N–H and O–H groups in total. The van der Waals surface area contributed by atoms with Gasteiger partial charge in [-0.3, -0.25) is 9.69 Å². The highest BCUT2D eigenvalue weighted by Gasteiger charge is 2.23. The molecule has 4 nitrogen and oxygen atoms in total. The van der Waals surface area contributed by atoms with Gasteiger partial charge in [0.05, 0.1) is 18.8 Å². The van der Waals surface area contributed by atoms with Gasteiger partial charge < -0.3 is 10.1 Å². The first-order valence-corrected chi connectivity index (χ1v) is 7.76. The van der Waals surface area contributed by atoms with Crippen LogP contribution in [-0.2, 0) is 4.74 Å². The van der Waals surface area contributed by atoms with Crippen LogP contribution in [0.2, 0.25) is 0 Å². The molecular weight excluding hydrogens is 320 g/mol. The molecule has 2 atom stereocenters. The second kappa shape index (κ2) is 7.20. The number of halogens is 1. The van der Waals surface area contributed by atoms with Crippen molar-refractivity contribution in [1.29, 1.82) is 0 Å². The van der Waals surface area contributed by atoms with Crippen molar-refractivity contribution >= 4 is 21.8 Å². The molecule has 1 saturated heterocycles. The van der Waals surface area contributed by atoms with Crippen molar-refractivity contribution in [2.45, 2.75) is 25.9 Å². The number of nitrogens with one attached hydrogen (secondary N) is 1. The van der Waals surface area contributed by atoms with Crippen LogP contribution >= 0.6 is 15.9 Å². The summed E-state index contributed by atoms with van der Waals surface area (Å²) in [5, 5.41) is 3.08. The van der Waals surface area contributed by atoms with Gasteiger partial charge in [0.15, 0.2) is 0 Å². The summed E-state index contributed by atoms with van der Waals surface area (Å²) in [6.45, 7) is 7.60. The maximum Gasteiger partial charge on any atom is 0.252 e. The fraction of sp³-hybridized carbons (Fsp3) is 0.533. The van der Waals surface area contributed by atoms with Crippen molar-refractivity contribution in [3.05, 3.63) is 34.3 Å². The molecule has 2 rings (SSSR count). The molecule has 2 unspecified atom stereocenters. The first kappa shape index (κ1) is 15.5. The number of carbonyl (C=O) groups is 1. The quantitative estimate of drug-likeness (QED) is 0.914. The molecule has 110 valence electrons. The molecular formula is C15H21BrN2O2. The molecule has 1 aliphatic rings. The molecule has 1 fully saturated rings. The Kier molecular flexibility index (Phi) is 5.57. The van der Waals surface area contributed by atoms with E-state index in [9.17, 15) is 4.79 Å². The Hall–Kier alpha value is -0.910. The van der Waals surface area contributed by atoms with E-state index in [-0.39, 0.29) is 11.9 Å². The summed E-state index contributed by atoms with van der Waals surface area (Å²) in [5.74, 6) is -0.0370. The molecule has 20 heavy (non-hydrogen) atoms. The monoisotopic (exact) mass is 340 g/mol. The van der Waals surface area contributed by atoms with Crippen LogP contribution in [0.4, 0.5) is 0 Å². The van der Waals surface area contributed by atoms with Crippen LogP contribution < -0.4 is 5.32 Å². The summed E-state index contributed by atoms with van der Waals surface area (Å²) < 4.78 is 6.18. The third-order valence-corrected chi connectivity index (χ3v) is 4.51. The van der Waals surface area contributed by atoms with E-state index in [1.165, 1.54) is 0 Å². The topological polar surface area (TPSA) is 41.6 Å². The Morgan fingerprint density at radius 2 is 1.95 bits per heavy atom. The van der Waals surface area contributed by atoms with Crippen LogP contribution in [-0.4, -0.2) is 49.2 Å². The minimum absolute atomic E-state index is 0.0370. The third kappa shape index (κ3) is 3.81. The average molecular weight is 341 g/mol. The maximum absolute atomic E-state index is 12.3. The second-order valence-corrected chi connectivity index (χ2v) is 5.99. The summed E-state index contributed by atoms with van der Waals surface area (Å²) >= 11 is 3.41. The summed E-state index contributed by atoms with van der Waals surface area (Å²) in [6.07, 6.45) is 0. The SMILES string of the molecule is CC(NC(=O)c1ccccc1Br)C(C)N1CCOCC1. The molecule has 5 heteroatoms. The van der Waals surface area contributed by atoms with Gasteiger partial charge in [0.25, 0.3) is 5.91 Å². The Morgan fingerprint density at radius 1 is 1.30 bits per heavy atom. The highest BCUT2D eigenvalue weighted by Crippen LogP contribution is 2.16. The molecule has 1 aromatic rings. The van der Waals surface area contributed by atoms with Crippen LogP contribution in [0, 0.1) is 0 Å². The summed E-state index contributed by atoms with van der Waals surface area (Å²) in [7, 11) is 0. The predicted octanol–water partition coefficient (Wildman–Crippen LogP) is 2.29. The zero-order valence-corrected chi connectivity index (χ0v) is 13.5. The van der Waals surface area contributed by atoms with Gasteiger partial charge in [0.2, 0.25) is 0 Å². The van der Waals surface area contributed by atoms with Crippen molar-refractivity contribution in [3.63, 3.8) is 0 Å². The van der Waals surface area contributed by atoms with Crippen LogP contribution in [0.5, 0.6) is 0 Å². The van der Waals surface area contributed by atoms with Crippen molar-refractivity contribution < 1.29 is 9.53 Å². The number of hydrogen-bond donors (Lipinski definition) is 1.